The van der Waals surface area contributed by atoms with Crippen molar-refractivity contribution < 1.29 is 24.0 Å². The molecule has 0 aliphatic rings. The van der Waals surface area contributed by atoms with Crippen molar-refractivity contribution in [2.45, 2.75) is 26.8 Å². The average molecular weight is 458 g/mol. The van der Waals surface area contributed by atoms with E-state index in [9.17, 15) is 14.7 Å². The highest BCUT2D eigenvalue weighted by molar-refractivity contribution is 6.31. The maximum absolute atomic E-state index is 12.3. The lowest BCUT2D eigenvalue weighted by atomic mass is 10.0. The molecule has 0 aliphatic carbocycles. The van der Waals surface area contributed by atoms with Crippen LogP contribution >= 0.6 is 11.6 Å². The SMILES string of the molecule is CCOCC(=O)Nc1ccc(-c2onc(C)c2N(C(=O)O)C(C)c2ccccc2Cl)cc1. The second-order valence-corrected chi connectivity index (χ2v) is 7.47. The van der Waals surface area contributed by atoms with Gasteiger partial charge in [-0.2, -0.15) is 0 Å². The molecule has 0 saturated carbocycles. The van der Waals surface area contributed by atoms with Gasteiger partial charge >= 0.3 is 6.09 Å². The van der Waals surface area contributed by atoms with Crippen LogP contribution < -0.4 is 10.2 Å². The Balaban J connectivity index is 1.93. The molecule has 0 spiro atoms. The van der Waals surface area contributed by atoms with Crippen molar-refractivity contribution in [2.75, 3.05) is 23.4 Å². The van der Waals surface area contributed by atoms with Gasteiger partial charge in [-0.25, -0.2) is 4.79 Å². The second kappa shape index (κ2) is 10.3. The van der Waals surface area contributed by atoms with Gasteiger partial charge in [0.2, 0.25) is 5.91 Å². The molecule has 8 nitrogen and oxygen atoms in total. The maximum Gasteiger partial charge on any atom is 0.412 e. The minimum atomic E-state index is -1.16. The van der Waals surface area contributed by atoms with E-state index in [2.05, 4.69) is 10.5 Å². The second-order valence-electron chi connectivity index (χ2n) is 7.06. The van der Waals surface area contributed by atoms with Crippen LogP contribution in [0.3, 0.4) is 0 Å². The third-order valence-corrected chi connectivity index (χ3v) is 5.23. The molecule has 0 aliphatic heterocycles. The number of nitrogens with one attached hydrogen (secondary N) is 1. The van der Waals surface area contributed by atoms with Gasteiger partial charge in [0, 0.05) is 22.9 Å². The van der Waals surface area contributed by atoms with Gasteiger partial charge in [-0.3, -0.25) is 9.69 Å². The molecule has 9 heteroatoms. The topological polar surface area (TPSA) is 105 Å². The zero-order chi connectivity index (χ0) is 23.3. The molecular weight excluding hydrogens is 434 g/mol. The van der Waals surface area contributed by atoms with Crippen molar-refractivity contribution in [3.63, 3.8) is 0 Å². The molecule has 3 aromatic rings. The lowest BCUT2D eigenvalue weighted by molar-refractivity contribution is -0.120. The fourth-order valence-corrected chi connectivity index (χ4v) is 3.64. The molecule has 2 N–H and O–H groups in total. The zero-order valence-corrected chi connectivity index (χ0v) is 18.7. The molecular formula is C23H24ClN3O5. The highest BCUT2D eigenvalue weighted by Gasteiger charge is 2.31. The number of rotatable bonds is 8. The van der Waals surface area contributed by atoms with E-state index in [0.29, 0.717) is 45.6 Å². The maximum atomic E-state index is 12.3. The minimum absolute atomic E-state index is 0.0306. The smallest absolute Gasteiger partial charge is 0.412 e. The summed E-state index contributed by atoms with van der Waals surface area (Å²) in [5.41, 5.74) is 2.61. The van der Waals surface area contributed by atoms with E-state index in [4.69, 9.17) is 20.9 Å². The zero-order valence-electron chi connectivity index (χ0n) is 18.0. The molecule has 3 rings (SSSR count). The first-order valence-corrected chi connectivity index (χ1v) is 10.4. The number of aryl methyl sites for hydroxylation is 1. The first-order chi connectivity index (χ1) is 15.3. The number of anilines is 2. The van der Waals surface area contributed by atoms with E-state index >= 15 is 0 Å². The van der Waals surface area contributed by atoms with Gasteiger partial charge in [-0.1, -0.05) is 35.0 Å². The molecule has 32 heavy (non-hydrogen) atoms. The standard InChI is InChI=1S/C23H24ClN3O5/c1-4-31-13-20(28)25-17-11-9-16(10-12-17)22-21(14(2)26-32-22)27(23(29)30)15(3)18-7-5-6-8-19(18)24/h5-12,15H,4,13H2,1-3H3,(H,25,28)(H,29,30). The van der Waals surface area contributed by atoms with Crippen LogP contribution in [0, 0.1) is 6.92 Å². The average Bonchev–Trinajstić information content (AvgIpc) is 3.14. The van der Waals surface area contributed by atoms with Gasteiger partial charge in [0.25, 0.3) is 0 Å². The number of carbonyl (C=O) groups is 2. The number of aromatic nitrogens is 1. The summed E-state index contributed by atoms with van der Waals surface area (Å²) in [5.74, 6) is 0.0393. The molecule has 0 fully saturated rings. The third-order valence-electron chi connectivity index (χ3n) is 4.89. The fraction of sp³-hybridized carbons (Fsp3) is 0.261. The van der Waals surface area contributed by atoms with Crippen molar-refractivity contribution in [3.05, 3.63) is 64.8 Å². The van der Waals surface area contributed by atoms with Gasteiger partial charge in [0.05, 0.1) is 6.04 Å². The Bertz CT molecular complexity index is 1100. The molecule has 168 valence electrons. The van der Waals surface area contributed by atoms with Crippen LogP contribution in [-0.2, 0) is 9.53 Å². The van der Waals surface area contributed by atoms with Crippen molar-refractivity contribution in [1.82, 2.24) is 5.16 Å². The summed E-state index contributed by atoms with van der Waals surface area (Å²) >= 11 is 6.31. The number of halogens is 1. The molecule has 0 radical (unpaired) electrons. The Hall–Kier alpha value is -3.36. The quantitative estimate of drug-likeness (QED) is 0.461. The summed E-state index contributed by atoms with van der Waals surface area (Å²) in [5, 5.41) is 17.2. The van der Waals surface area contributed by atoms with Gasteiger partial charge in [0.15, 0.2) is 5.76 Å². The molecule has 1 heterocycles. The highest BCUT2D eigenvalue weighted by atomic mass is 35.5. The fourth-order valence-electron chi connectivity index (χ4n) is 3.34. The number of carboxylic acid groups (broad SMARTS) is 1. The van der Waals surface area contributed by atoms with Crippen LogP contribution in [-0.4, -0.2) is 35.5 Å². The molecule has 1 aromatic heterocycles. The number of carbonyl (C=O) groups excluding carboxylic acids is 1. The van der Waals surface area contributed by atoms with Gasteiger partial charge < -0.3 is 19.7 Å². The Morgan fingerprint density at radius 2 is 1.91 bits per heavy atom. The number of nitrogens with zero attached hydrogens (tertiary/aromatic N) is 2. The van der Waals surface area contributed by atoms with Crippen molar-refractivity contribution >= 4 is 35.0 Å². The summed E-state index contributed by atoms with van der Waals surface area (Å²) < 4.78 is 10.6. The van der Waals surface area contributed by atoms with Crippen LogP contribution in [0.1, 0.15) is 31.1 Å². The van der Waals surface area contributed by atoms with Gasteiger partial charge in [-0.05, 0) is 56.7 Å². The van der Waals surface area contributed by atoms with Crippen LogP contribution in [0.5, 0.6) is 0 Å². The lowest BCUT2D eigenvalue weighted by Gasteiger charge is -2.27. The normalized spacial score (nSPS) is 11.8. The number of hydrogen-bond acceptors (Lipinski definition) is 5. The van der Waals surface area contributed by atoms with Crippen LogP contribution in [0.15, 0.2) is 53.1 Å². The molecule has 0 saturated heterocycles. The monoisotopic (exact) mass is 457 g/mol. The van der Waals surface area contributed by atoms with Crippen LogP contribution in [0.4, 0.5) is 16.2 Å². The van der Waals surface area contributed by atoms with Crippen molar-refractivity contribution in [1.29, 1.82) is 0 Å². The minimum Gasteiger partial charge on any atom is -0.465 e. The Labute approximate surface area is 190 Å². The summed E-state index contributed by atoms with van der Waals surface area (Å²) in [4.78, 5) is 25.3. The van der Waals surface area contributed by atoms with E-state index in [0.717, 1.165) is 0 Å². The third kappa shape index (κ3) is 5.09. The predicted octanol–water partition coefficient (Wildman–Crippen LogP) is 5.52. The van der Waals surface area contributed by atoms with Gasteiger partial charge in [0.1, 0.15) is 18.0 Å². The van der Waals surface area contributed by atoms with E-state index < -0.39 is 12.1 Å². The largest absolute Gasteiger partial charge is 0.465 e. The molecule has 2 amide bonds. The predicted molar refractivity (Wildman–Crippen MR) is 122 cm³/mol. The van der Waals surface area contributed by atoms with Crippen LogP contribution in [0.25, 0.3) is 11.3 Å². The summed E-state index contributed by atoms with van der Waals surface area (Å²) in [6.07, 6.45) is -1.16. The Kier molecular flexibility index (Phi) is 7.50. The number of benzene rings is 2. The molecule has 2 aromatic carbocycles. The highest BCUT2D eigenvalue weighted by Crippen LogP contribution is 2.39. The summed E-state index contributed by atoms with van der Waals surface area (Å²) in [6, 6.07) is 13.3. The first-order valence-electron chi connectivity index (χ1n) is 10.0. The Morgan fingerprint density at radius 3 is 2.53 bits per heavy atom. The number of ether oxygens (including phenoxy) is 1. The summed E-state index contributed by atoms with van der Waals surface area (Å²) in [6.45, 7) is 5.67. The molecule has 0 bridgehead atoms. The van der Waals surface area contributed by atoms with Crippen molar-refractivity contribution in [3.8, 4) is 11.3 Å². The summed E-state index contributed by atoms with van der Waals surface area (Å²) in [7, 11) is 0. The first kappa shape index (κ1) is 23.3. The lowest BCUT2D eigenvalue weighted by Crippen LogP contribution is -2.33. The molecule has 1 unspecified atom stereocenters. The van der Waals surface area contributed by atoms with Gasteiger partial charge in [-0.15, -0.1) is 0 Å². The van der Waals surface area contributed by atoms with E-state index in [-0.39, 0.29) is 12.5 Å². The number of amides is 2. The number of hydrogen-bond donors (Lipinski definition) is 2. The molecule has 1 atom stereocenters. The van der Waals surface area contributed by atoms with Crippen molar-refractivity contribution in [2.24, 2.45) is 0 Å². The Morgan fingerprint density at radius 1 is 1.22 bits per heavy atom. The van der Waals surface area contributed by atoms with E-state index in [1.165, 1.54) is 4.90 Å². The van der Waals surface area contributed by atoms with E-state index in [1.54, 1.807) is 62.4 Å². The van der Waals surface area contributed by atoms with Crippen LogP contribution in [0.2, 0.25) is 5.02 Å². The van der Waals surface area contributed by atoms with E-state index in [1.807, 2.05) is 6.92 Å².